The highest BCUT2D eigenvalue weighted by Gasteiger charge is 2.30. The van der Waals surface area contributed by atoms with Crippen LogP contribution in [0.1, 0.15) is 27.7 Å². The molecule has 0 aliphatic rings. The van der Waals surface area contributed by atoms with E-state index in [-0.39, 0.29) is 11.8 Å². The topological polar surface area (TPSA) is 87.7 Å². The Morgan fingerprint density at radius 3 is 2.03 bits per heavy atom. The molecular weight excluding hydrogens is 382 g/mol. The number of para-hydroxylation sites is 2. The lowest BCUT2D eigenvalue weighted by Crippen LogP contribution is -2.49. The lowest BCUT2D eigenvalue weighted by Gasteiger charge is -2.27. The number of anilines is 2. The van der Waals surface area contributed by atoms with Crippen LogP contribution in [0, 0.1) is 5.92 Å². The fourth-order valence-electron chi connectivity index (χ4n) is 2.92. The van der Waals surface area contributed by atoms with E-state index in [1.807, 2.05) is 43.3 Å². The summed E-state index contributed by atoms with van der Waals surface area (Å²) in [7, 11) is 0. The van der Waals surface area contributed by atoms with Gasteiger partial charge in [0.2, 0.25) is 0 Å². The number of hydrogen-bond donors (Lipinski definition) is 2. The average molecular weight is 412 g/mol. The van der Waals surface area contributed by atoms with Crippen molar-refractivity contribution in [3.05, 3.63) is 60.7 Å². The van der Waals surface area contributed by atoms with Gasteiger partial charge in [-0.2, -0.15) is 0 Å². The zero-order valence-electron chi connectivity index (χ0n) is 17.8. The van der Waals surface area contributed by atoms with E-state index >= 15 is 0 Å². The largest absolute Gasteiger partial charge is 0.451 e. The van der Waals surface area contributed by atoms with Crippen molar-refractivity contribution in [2.24, 2.45) is 5.92 Å². The molecular formula is C23H29N3O4. The fourth-order valence-corrected chi connectivity index (χ4v) is 2.92. The maximum Gasteiger partial charge on any atom is 0.329 e. The van der Waals surface area contributed by atoms with E-state index in [1.165, 1.54) is 6.92 Å². The summed E-state index contributed by atoms with van der Waals surface area (Å²) >= 11 is 0. The molecule has 160 valence electrons. The number of likely N-dealkylation sites (N-methyl/N-ethyl adjacent to an activating group) is 1. The van der Waals surface area contributed by atoms with Gasteiger partial charge in [0.05, 0.1) is 0 Å². The molecule has 0 saturated carbocycles. The fraction of sp³-hybridized carbons (Fsp3) is 0.348. The number of ether oxygens (including phenoxy) is 1. The lowest BCUT2D eigenvalue weighted by atomic mass is 10.0. The number of urea groups is 1. The maximum absolute atomic E-state index is 12.8. The van der Waals surface area contributed by atoms with Crippen LogP contribution in [0.3, 0.4) is 0 Å². The van der Waals surface area contributed by atoms with Gasteiger partial charge in [-0.05, 0) is 44.0 Å². The van der Waals surface area contributed by atoms with Crippen molar-refractivity contribution < 1.29 is 19.1 Å². The monoisotopic (exact) mass is 411 g/mol. The Hall–Kier alpha value is -3.35. The van der Waals surface area contributed by atoms with Crippen molar-refractivity contribution in [2.75, 3.05) is 16.8 Å². The number of carbonyl (C=O) groups is 3. The molecule has 0 aliphatic heterocycles. The maximum atomic E-state index is 12.8. The van der Waals surface area contributed by atoms with Crippen LogP contribution in [-0.4, -0.2) is 36.6 Å². The van der Waals surface area contributed by atoms with Gasteiger partial charge in [0.15, 0.2) is 6.10 Å². The smallest absolute Gasteiger partial charge is 0.329 e. The molecule has 30 heavy (non-hydrogen) atoms. The number of benzene rings is 2. The summed E-state index contributed by atoms with van der Waals surface area (Å²) in [5.74, 6) is -1.20. The molecule has 0 saturated heterocycles. The van der Waals surface area contributed by atoms with E-state index in [1.54, 1.807) is 43.0 Å². The quantitative estimate of drug-likeness (QED) is 0.647. The van der Waals surface area contributed by atoms with Crippen LogP contribution in [0.4, 0.5) is 16.2 Å². The predicted molar refractivity (Wildman–Crippen MR) is 117 cm³/mol. The molecule has 0 radical (unpaired) electrons. The highest BCUT2D eigenvalue weighted by molar-refractivity contribution is 5.98. The number of rotatable bonds is 8. The van der Waals surface area contributed by atoms with Crippen LogP contribution < -0.4 is 15.5 Å². The first-order valence-corrected chi connectivity index (χ1v) is 10.0. The zero-order valence-corrected chi connectivity index (χ0v) is 17.8. The summed E-state index contributed by atoms with van der Waals surface area (Å²) in [6.45, 7) is 7.42. The minimum Gasteiger partial charge on any atom is -0.451 e. The minimum atomic E-state index is -0.988. The molecule has 0 aliphatic carbocycles. The highest BCUT2D eigenvalue weighted by atomic mass is 16.5. The molecule has 2 atom stereocenters. The second kappa shape index (κ2) is 11.0. The predicted octanol–water partition coefficient (Wildman–Crippen LogP) is 3.82. The summed E-state index contributed by atoms with van der Waals surface area (Å²) in [6.07, 6.45) is -0.988. The molecule has 0 fully saturated rings. The number of nitrogens with one attached hydrogen (secondary N) is 2. The van der Waals surface area contributed by atoms with Crippen molar-refractivity contribution in [3.63, 3.8) is 0 Å². The Kier molecular flexibility index (Phi) is 8.41. The number of carbonyl (C=O) groups excluding carboxylic acids is 3. The summed E-state index contributed by atoms with van der Waals surface area (Å²) in [5, 5.41) is 5.31. The Labute approximate surface area is 177 Å². The molecule has 0 unspecified atom stereocenters. The molecule has 2 aromatic carbocycles. The number of esters is 1. The molecule has 7 heteroatoms. The molecule has 0 aromatic heterocycles. The number of hydrogen-bond acceptors (Lipinski definition) is 4. The van der Waals surface area contributed by atoms with Crippen LogP contribution in [-0.2, 0) is 14.3 Å². The van der Waals surface area contributed by atoms with Gasteiger partial charge in [-0.15, -0.1) is 0 Å². The van der Waals surface area contributed by atoms with Crippen LogP contribution in [0.2, 0.25) is 0 Å². The van der Waals surface area contributed by atoms with Crippen LogP contribution in [0.25, 0.3) is 0 Å². The van der Waals surface area contributed by atoms with Gasteiger partial charge in [0.1, 0.15) is 6.04 Å². The van der Waals surface area contributed by atoms with Crippen molar-refractivity contribution in [2.45, 2.75) is 39.8 Å². The zero-order chi connectivity index (χ0) is 22.1. The molecule has 0 heterocycles. The lowest BCUT2D eigenvalue weighted by molar-refractivity contribution is -0.156. The van der Waals surface area contributed by atoms with E-state index in [2.05, 4.69) is 10.6 Å². The standard InChI is InChI=1S/C23H29N3O4/c1-5-26(19-14-10-7-11-15-19)21(27)17(4)30-22(28)20(16(2)3)25-23(29)24-18-12-8-6-9-13-18/h6-17,20H,5H2,1-4H3,(H2,24,25,29)/t17-,20+/m0/s1. The van der Waals surface area contributed by atoms with Gasteiger partial charge >= 0.3 is 12.0 Å². The second-order valence-electron chi connectivity index (χ2n) is 7.18. The third-order valence-corrected chi connectivity index (χ3v) is 4.53. The van der Waals surface area contributed by atoms with Gasteiger partial charge in [0.25, 0.3) is 5.91 Å². The first-order chi connectivity index (χ1) is 14.3. The van der Waals surface area contributed by atoms with Gasteiger partial charge in [-0.3, -0.25) is 4.79 Å². The third kappa shape index (κ3) is 6.34. The SMILES string of the molecule is CCN(C(=O)[C@H](C)OC(=O)[C@H](NC(=O)Nc1ccccc1)C(C)C)c1ccccc1. The van der Waals surface area contributed by atoms with Crippen molar-refractivity contribution in [3.8, 4) is 0 Å². The molecule has 2 aromatic rings. The van der Waals surface area contributed by atoms with Crippen molar-refractivity contribution >= 4 is 29.3 Å². The summed E-state index contributed by atoms with van der Waals surface area (Å²) in [6, 6.07) is 16.7. The van der Waals surface area contributed by atoms with Crippen LogP contribution in [0.5, 0.6) is 0 Å². The number of nitrogens with zero attached hydrogens (tertiary/aromatic N) is 1. The molecule has 0 spiro atoms. The molecule has 2 rings (SSSR count). The first-order valence-electron chi connectivity index (χ1n) is 10.0. The third-order valence-electron chi connectivity index (χ3n) is 4.53. The van der Waals surface area contributed by atoms with E-state index in [0.29, 0.717) is 12.2 Å². The van der Waals surface area contributed by atoms with Gasteiger partial charge in [-0.25, -0.2) is 9.59 Å². The molecule has 3 amide bonds. The van der Waals surface area contributed by atoms with Crippen LogP contribution >= 0.6 is 0 Å². The van der Waals surface area contributed by atoms with Crippen molar-refractivity contribution in [1.29, 1.82) is 0 Å². The van der Waals surface area contributed by atoms with Gasteiger partial charge < -0.3 is 20.3 Å². The molecule has 2 N–H and O–H groups in total. The highest BCUT2D eigenvalue weighted by Crippen LogP contribution is 2.16. The minimum absolute atomic E-state index is 0.224. The summed E-state index contributed by atoms with van der Waals surface area (Å²) in [5.41, 5.74) is 1.34. The van der Waals surface area contributed by atoms with E-state index in [4.69, 9.17) is 4.74 Å². The van der Waals surface area contributed by atoms with Gasteiger partial charge in [0, 0.05) is 17.9 Å². The summed E-state index contributed by atoms with van der Waals surface area (Å²) < 4.78 is 5.42. The van der Waals surface area contributed by atoms with Crippen molar-refractivity contribution in [1.82, 2.24) is 5.32 Å². The van der Waals surface area contributed by atoms with E-state index < -0.39 is 24.1 Å². The van der Waals surface area contributed by atoms with Gasteiger partial charge in [-0.1, -0.05) is 50.2 Å². The Morgan fingerprint density at radius 2 is 1.50 bits per heavy atom. The van der Waals surface area contributed by atoms with E-state index in [0.717, 1.165) is 5.69 Å². The number of amides is 3. The normalized spacial score (nSPS) is 12.6. The Balaban J connectivity index is 2.01. The second-order valence-corrected chi connectivity index (χ2v) is 7.18. The Morgan fingerprint density at radius 1 is 0.933 bits per heavy atom. The molecule has 7 nitrogen and oxygen atoms in total. The summed E-state index contributed by atoms with van der Waals surface area (Å²) in [4.78, 5) is 39.4. The Bertz CT molecular complexity index is 840. The van der Waals surface area contributed by atoms with E-state index in [9.17, 15) is 14.4 Å². The van der Waals surface area contributed by atoms with Crippen LogP contribution in [0.15, 0.2) is 60.7 Å². The molecule has 0 bridgehead atoms. The first kappa shape index (κ1) is 22.9. The average Bonchev–Trinajstić information content (AvgIpc) is 2.73.